The third kappa shape index (κ3) is 2.95. The Kier molecular flexibility index (Phi) is 4.47. The number of hydrogen-bond acceptors (Lipinski definition) is 5. The predicted octanol–water partition coefficient (Wildman–Crippen LogP) is 3.28. The zero-order valence-electron chi connectivity index (χ0n) is 14.7. The Labute approximate surface area is 160 Å². The first-order valence-corrected chi connectivity index (χ1v) is 8.63. The number of fused-ring (bicyclic) bond motifs is 3. The van der Waals surface area contributed by atoms with Gasteiger partial charge in [0.2, 0.25) is 0 Å². The summed E-state index contributed by atoms with van der Waals surface area (Å²) < 4.78 is 4.72. The molecule has 6 heteroatoms. The van der Waals surface area contributed by atoms with E-state index in [2.05, 4.69) is 5.32 Å². The zero-order chi connectivity index (χ0) is 19.7. The van der Waals surface area contributed by atoms with Crippen LogP contribution in [0.15, 0.2) is 66.7 Å². The summed E-state index contributed by atoms with van der Waals surface area (Å²) in [5, 5.41) is 2.78. The van der Waals surface area contributed by atoms with E-state index < -0.39 is 12.1 Å². The summed E-state index contributed by atoms with van der Waals surface area (Å²) >= 11 is 0. The molecule has 0 bridgehead atoms. The van der Waals surface area contributed by atoms with Crippen LogP contribution >= 0.6 is 0 Å². The van der Waals surface area contributed by atoms with Crippen molar-refractivity contribution >= 4 is 23.9 Å². The highest BCUT2D eigenvalue weighted by atomic mass is 16.5. The Morgan fingerprint density at radius 1 is 0.964 bits per heavy atom. The molecule has 0 radical (unpaired) electrons. The number of ketones is 1. The fraction of sp³-hybridized carbons (Fsp3) is 0.0455. The number of benzene rings is 3. The molecule has 0 heterocycles. The fourth-order valence-electron chi connectivity index (χ4n) is 3.39. The van der Waals surface area contributed by atoms with Crippen LogP contribution in [0.5, 0.6) is 0 Å². The van der Waals surface area contributed by atoms with E-state index >= 15 is 0 Å². The number of hydrogen-bond donors (Lipinski definition) is 2. The van der Waals surface area contributed by atoms with Crippen molar-refractivity contribution in [1.29, 1.82) is 0 Å². The van der Waals surface area contributed by atoms with Crippen LogP contribution in [0.1, 0.15) is 38.1 Å². The molecule has 1 aliphatic rings. The van der Waals surface area contributed by atoms with Crippen LogP contribution in [0.4, 0.5) is 5.69 Å². The molecule has 6 nitrogen and oxygen atoms in total. The quantitative estimate of drug-likeness (QED) is 0.414. The minimum atomic E-state index is -0.925. The molecule has 1 aliphatic carbocycles. The minimum Gasteiger partial charge on any atom is -0.445 e. The standard InChI is InChI=1S/C22H16N2O4/c23-21(28-12-25)13-5-3-6-14(11-13)24-22(27)18-10-4-9-16-15-7-1-2-8-17(15)20(26)19(16)18/h1-12,21H,23H2,(H,24,27)/t21-/m0/s1. The van der Waals surface area contributed by atoms with Crippen LogP contribution in [0.25, 0.3) is 11.1 Å². The lowest BCUT2D eigenvalue weighted by atomic mass is 10.00. The first kappa shape index (κ1) is 17.6. The molecular weight excluding hydrogens is 356 g/mol. The maximum Gasteiger partial charge on any atom is 0.294 e. The molecule has 0 aliphatic heterocycles. The Bertz CT molecular complexity index is 1110. The van der Waals surface area contributed by atoms with Gasteiger partial charge in [0.1, 0.15) is 0 Å². The molecule has 0 saturated heterocycles. The number of nitrogens with two attached hydrogens (primary N) is 1. The molecular formula is C22H16N2O4. The summed E-state index contributed by atoms with van der Waals surface area (Å²) in [5.74, 6) is -0.563. The van der Waals surface area contributed by atoms with Crippen LogP contribution in [0.3, 0.4) is 0 Å². The van der Waals surface area contributed by atoms with Gasteiger partial charge in [-0.15, -0.1) is 0 Å². The second kappa shape index (κ2) is 7.09. The summed E-state index contributed by atoms with van der Waals surface area (Å²) in [5.41, 5.74) is 9.64. The van der Waals surface area contributed by atoms with Crippen molar-refractivity contribution in [3.05, 3.63) is 89.0 Å². The maximum absolute atomic E-state index is 12.9. The van der Waals surface area contributed by atoms with Gasteiger partial charge in [-0.3, -0.25) is 20.1 Å². The minimum absolute atomic E-state index is 0.161. The first-order chi connectivity index (χ1) is 13.6. The van der Waals surface area contributed by atoms with E-state index in [1.807, 2.05) is 18.2 Å². The fourth-order valence-corrected chi connectivity index (χ4v) is 3.39. The Morgan fingerprint density at radius 3 is 2.46 bits per heavy atom. The topological polar surface area (TPSA) is 98.5 Å². The molecule has 0 unspecified atom stereocenters. The van der Waals surface area contributed by atoms with Gasteiger partial charge in [-0.1, -0.05) is 48.5 Å². The van der Waals surface area contributed by atoms with Crippen LogP contribution < -0.4 is 11.1 Å². The number of carbonyl (C=O) groups excluding carboxylic acids is 3. The van der Waals surface area contributed by atoms with Gasteiger partial charge in [0, 0.05) is 22.4 Å². The van der Waals surface area contributed by atoms with Crippen LogP contribution in [-0.4, -0.2) is 18.2 Å². The number of rotatable bonds is 5. The van der Waals surface area contributed by atoms with E-state index in [1.54, 1.807) is 48.5 Å². The van der Waals surface area contributed by atoms with Crippen molar-refractivity contribution in [3.63, 3.8) is 0 Å². The van der Waals surface area contributed by atoms with Crippen LogP contribution in [0.2, 0.25) is 0 Å². The molecule has 4 rings (SSSR count). The van der Waals surface area contributed by atoms with Crippen molar-refractivity contribution in [2.24, 2.45) is 5.73 Å². The highest BCUT2D eigenvalue weighted by molar-refractivity contribution is 6.26. The summed E-state index contributed by atoms with van der Waals surface area (Å²) in [6.07, 6.45) is -0.925. The van der Waals surface area contributed by atoms with E-state index in [1.165, 1.54) is 0 Å². The third-order valence-corrected chi connectivity index (χ3v) is 4.67. The van der Waals surface area contributed by atoms with Crippen molar-refractivity contribution in [2.75, 3.05) is 5.32 Å². The molecule has 1 atom stereocenters. The van der Waals surface area contributed by atoms with Gasteiger partial charge < -0.3 is 10.1 Å². The Balaban J connectivity index is 1.66. The molecule has 0 spiro atoms. The second-order valence-electron chi connectivity index (χ2n) is 6.34. The molecule has 28 heavy (non-hydrogen) atoms. The largest absolute Gasteiger partial charge is 0.445 e. The van der Waals surface area contributed by atoms with Crippen molar-refractivity contribution in [2.45, 2.75) is 6.23 Å². The highest BCUT2D eigenvalue weighted by Gasteiger charge is 2.30. The monoisotopic (exact) mass is 372 g/mol. The smallest absolute Gasteiger partial charge is 0.294 e. The molecule has 3 aromatic carbocycles. The Hall–Kier alpha value is -3.77. The van der Waals surface area contributed by atoms with Gasteiger partial charge in [-0.25, -0.2) is 0 Å². The molecule has 1 amide bonds. The molecule has 0 saturated carbocycles. The number of anilines is 1. The van der Waals surface area contributed by atoms with E-state index in [4.69, 9.17) is 10.5 Å². The second-order valence-corrected chi connectivity index (χ2v) is 6.34. The molecule has 3 aromatic rings. The van der Waals surface area contributed by atoms with Crippen molar-refractivity contribution < 1.29 is 19.1 Å². The van der Waals surface area contributed by atoms with E-state index in [9.17, 15) is 14.4 Å². The zero-order valence-corrected chi connectivity index (χ0v) is 14.7. The van der Waals surface area contributed by atoms with Gasteiger partial charge in [0.25, 0.3) is 12.4 Å². The van der Waals surface area contributed by atoms with Crippen LogP contribution in [-0.2, 0) is 9.53 Å². The normalized spacial score (nSPS) is 12.7. The number of amides is 1. The summed E-state index contributed by atoms with van der Waals surface area (Å²) in [6.45, 7) is 0.270. The van der Waals surface area contributed by atoms with Gasteiger partial charge in [-0.2, -0.15) is 0 Å². The van der Waals surface area contributed by atoms with E-state index in [0.29, 0.717) is 27.9 Å². The lowest BCUT2D eigenvalue weighted by molar-refractivity contribution is -0.133. The van der Waals surface area contributed by atoms with E-state index in [-0.39, 0.29) is 12.3 Å². The average molecular weight is 372 g/mol. The van der Waals surface area contributed by atoms with Crippen LogP contribution in [0, 0.1) is 0 Å². The summed E-state index contributed by atoms with van der Waals surface area (Å²) in [4.78, 5) is 36.2. The lowest BCUT2D eigenvalue weighted by Crippen LogP contribution is -2.17. The van der Waals surface area contributed by atoms with Gasteiger partial charge in [-0.05, 0) is 29.3 Å². The average Bonchev–Trinajstić information content (AvgIpc) is 3.01. The van der Waals surface area contributed by atoms with Gasteiger partial charge in [0.15, 0.2) is 12.0 Å². The SMILES string of the molecule is N[C@@H](OC=O)c1cccc(NC(=O)c2cccc3c2C(=O)c2ccccc2-3)c1. The number of ether oxygens (including phenoxy) is 1. The van der Waals surface area contributed by atoms with E-state index in [0.717, 1.165) is 11.1 Å². The predicted molar refractivity (Wildman–Crippen MR) is 104 cm³/mol. The summed E-state index contributed by atoms with van der Waals surface area (Å²) in [6, 6.07) is 19.2. The molecule has 138 valence electrons. The lowest BCUT2D eigenvalue weighted by Gasteiger charge is -2.13. The number of nitrogens with one attached hydrogen (secondary N) is 1. The molecule has 0 aromatic heterocycles. The Morgan fingerprint density at radius 2 is 1.68 bits per heavy atom. The van der Waals surface area contributed by atoms with Crippen molar-refractivity contribution in [1.82, 2.24) is 0 Å². The first-order valence-electron chi connectivity index (χ1n) is 8.63. The summed E-state index contributed by atoms with van der Waals surface area (Å²) in [7, 11) is 0. The highest BCUT2D eigenvalue weighted by Crippen LogP contribution is 2.38. The molecule has 0 fully saturated rings. The third-order valence-electron chi connectivity index (χ3n) is 4.67. The van der Waals surface area contributed by atoms with Gasteiger partial charge >= 0.3 is 0 Å². The number of carbonyl (C=O) groups is 3. The van der Waals surface area contributed by atoms with Gasteiger partial charge in [0.05, 0.1) is 5.56 Å². The van der Waals surface area contributed by atoms with Crippen molar-refractivity contribution in [3.8, 4) is 11.1 Å². The molecule has 3 N–H and O–H groups in total. The maximum atomic E-state index is 12.9.